The molecule has 0 spiro atoms. The van der Waals surface area contributed by atoms with E-state index in [9.17, 15) is 17.9 Å². The van der Waals surface area contributed by atoms with E-state index in [0.29, 0.717) is 6.42 Å². The number of halogens is 3. The third kappa shape index (κ3) is 5.95. The molecule has 0 bridgehead atoms. The van der Waals surface area contributed by atoms with Crippen molar-refractivity contribution in [1.82, 2.24) is 4.72 Å². The Morgan fingerprint density at radius 1 is 1.41 bits per heavy atom. The van der Waals surface area contributed by atoms with E-state index < -0.39 is 29.9 Å². The van der Waals surface area contributed by atoms with Gasteiger partial charge in [0.2, 0.25) is 25.0 Å². The SMILES string of the molecule is C[Si](C)(C)Oc1c(C(Br)CCN[SH](=O)=O)oc(-c2ccc(Cl)cc2F)c1O. The van der Waals surface area contributed by atoms with E-state index in [4.69, 9.17) is 20.4 Å². The predicted octanol–water partition coefficient (Wildman–Crippen LogP) is 4.60. The standard InChI is InChI=1S/C16H20BrClFNO5SSi/c1-27(2,3)25-16-13(21)14(10-5-4-9(18)8-12(10)19)24-15(16)11(17)6-7-20-26(22)23/h4-5,8,11,21,26H,6-7H2,1-3H3,(H,20,22,23). The van der Waals surface area contributed by atoms with Gasteiger partial charge in [-0.25, -0.2) is 17.5 Å². The van der Waals surface area contributed by atoms with Crippen LogP contribution in [0, 0.1) is 5.82 Å². The summed E-state index contributed by atoms with van der Waals surface area (Å²) in [6.07, 6.45) is 0.334. The molecule has 1 atom stereocenters. The number of rotatable bonds is 8. The summed E-state index contributed by atoms with van der Waals surface area (Å²) in [6, 6.07) is 4.02. The fourth-order valence-corrected chi connectivity index (χ4v) is 4.12. The van der Waals surface area contributed by atoms with Crippen LogP contribution in [0.4, 0.5) is 4.39 Å². The zero-order valence-electron chi connectivity index (χ0n) is 14.9. The van der Waals surface area contributed by atoms with Gasteiger partial charge in [0, 0.05) is 11.6 Å². The molecule has 0 fully saturated rings. The van der Waals surface area contributed by atoms with Crippen LogP contribution in [-0.2, 0) is 10.9 Å². The Bertz CT molecular complexity index is 892. The molecular weight excluding hydrogens is 481 g/mol. The molecule has 1 unspecified atom stereocenters. The van der Waals surface area contributed by atoms with Crippen LogP contribution in [0.5, 0.6) is 11.5 Å². The topological polar surface area (TPSA) is 88.8 Å². The Kier molecular flexibility index (Phi) is 7.37. The molecule has 0 saturated carbocycles. The highest BCUT2D eigenvalue weighted by molar-refractivity contribution is 9.09. The molecule has 1 aromatic heterocycles. The van der Waals surface area contributed by atoms with Gasteiger partial charge in [0.1, 0.15) is 5.82 Å². The van der Waals surface area contributed by atoms with Crippen molar-refractivity contribution >= 4 is 46.7 Å². The van der Waals surface area contributed by atoms with Crippen molar-refractivity contribution in [2.24, 2.45) is 0 Å². The van der Waals surface area contributed by atoms with Gasteiger partial charge in [-0.2, -0.15) is 0 Å². The molecule has 0 aliphatic rings. The van der Waals surface area contributed by atoms with Gasteiger partial charge in [-0.05, 0) is 44.3 Å². The van der Waals surface area contributed by atoms with Gasteiger partial charge in [-0.1, -0.05) is 27.5 Å². The molecule has 2 N–H and O–H groups in total. The number of alkyl halides is 1. The van der Waals surface area contributed by atoms with Crippen molar-refractivity contribution in [3.8, 4) is 22.8 Å². The Hall–Kier alpha value is -1.07. The summed E-state index contributed by atoms with van der Waals surface area (Å²) >= 11 is 9.21. The molecule has 11 heteroatoms. The summed E-state index contributed by atoms with van der Waals surface area (Å²) < 4.78 is 49.6. The van der Waals surface area contributed by atoms with Gasteiger partial charge >= 0.3 is 0 Å². The predicted molar refractivity (Wildman–Crippen MR) is 109 cm³/mol. The van der Waals surface area contributed by atoms with Crippen LogP contribution in [0.2, 0.25) is 24.7 Å². The minimum Gasteiger partial charge on any atom is -0.539 e. The van der Waals surface area contributed by atoms with Crippen LogP contribution in [0.25, 0.3) is 11.3 Å². The Morgan fingerprint density at radius 3 is 2.63 bits per heavy atom. The lowest BCUT2D eigenvalue weighted by Crippen LogP contribution is -2.29. The number of benzene rings is 1. The fourth-order valence-electron chi connectivity index (χ4n) is 2.31. The lowest BCUT2D eigenvalue weighted by atomic mass is 10.1. The summed E-state index contributed by atoms with van der Waals surface area (Å²) in [7, 11) is -4.85. The number of hydrogen-bond acceptors (Lipinski definition) is 5. The van der Waals surface area contributed by atoms with E-state index in [1.54, 1.807) is 0 Å². The highest BCUT2D eigenvalue weighted by Gasteiger charge is 2.31. The third-order valence-electron chi connectivity index (χ3n) is 3.37. The molecule has 0 amide bonds. The summed E-state index contributed by atoms with van der Waals surface area (Å²) in [4.78, 5) is -0.457. The lowest BCUT2D eigenvalue weighted by Gasteiger charge is -2.20. The van der Waals surface area contributed by atoms with Gasteiger partial charge in [0.05, 0.1) is 10.4 Å². The van der Waals surface area contributed by atoms with Crippen molar-refractivity contribution < 1.29 is 26.8 Å². The zero-order chi connectivity index (χ0) is 20.4. The van der Waals surface area contributed by atoms with Gasteiger partial charge < -0.3 is 13.9 Å². The molecule has 0 radical (unpaired) electrons. The molecule has 0 aliphatic heterocycles. The molecule has 0 saturated heterocycles. The van der Waals surface area contributed by atoms with Crippen LogP contribution in [-0.4, -0.2) is 28.4 Å². The van der Waals surface area contributed by atoms with Crippen molar-refractivity contribution in [2.75, 3.05) is 6.54 Å². The fraction of sp³-hybridized carbons (Fsp3) is 0.375. The molecule has 1 heterocycles. The maximum Gasteiger partial charge on any atom is 0.242 e. The van der Waals surface area contributed by atoms with E-state index in [1.165, 1.54) is 12.1 Å². The first-order valence-electron chi connectivity index (χ1n) is 8.01. The molecule has 150 valence electrons. The molecular formula is C16H20BrClFNO5SSi. The van der Waals surface area contributed by atoms with Crippen LogP contribution >= 0.6 is 27.5 Å². The van der Waals surface area contributed by atoms with Crippen molar-refractivity contribution in [2.45, 2.75) is 30.9 Å². The Labute approximate surface area is 173 Å². The summed E-state index contributed by atoms with van der Waals surface area (Å²) in [6.45, 7) is 5.95. The second-order valence-electron chi connectivity index (χ2n) is 6.73. The molecule has 6 nitrogen and oxygen atoms in total. The first-order valence-corrected chi connectivity index (χ1v) is 13.9. The quantitative estimate of drug-likeness (QED) is 0.280. The normalized spacial score (nSPS) is 13.1. The molecule has 2 rings (SSSR count). The minimum absolute atomic E-state index is 0.0454. The minimum atomic E-state index is -2.71. The molecule has 27 heavy (non-hydrogen) atoms. The van der Waals surface area contributed by atoms with Crippen LogP contribution in [0.1, 0.15) is 17.0 Å². The number of aromatic hydroxyl groups is 1. The molecule has 1 aromatic carbocycles. The third-order valence-corrected chi connectivity index (χ3v) is 5.78. The average Bonchev–Trinajstić information content (AvgIpc) is 2.82. The van der Waals surface area contributed by atoms with Gasteiger partial charge in [-0.3, -0.25) is 0 Å². The summed E-state index contributed by atoms with van der Waals surface area (Å²) in [5.41, 5.74) is 0.0454. The van der Waals surface area contributed by atoms with Crippen molar-refractivity contribution in [3.05, 3.63) is 34.8 Å². The van der Waals surface area contributed by atoms with E-state index >= 15 is 0 Å². The average molecular weight is 501 g/mol. The Balaban J connectivity index is 2.47. The highest BCUT2D eigenvalue weighted by Crippen LogP contribution is 2.49. The first-order chi connectivity index (χ1) is 12.5. The lowest BCUT2D eigenvalue weighted by molar-refractivity contribution is 0.438. The van der Waals surface area contributed by atoms with Gasteiger partial charge in [0.15, 0.2) is 17.3 Å². The number of thiol groups is 1. The first kappa shape index (κ1) is 22.2. The van der Waals surface area contributed by atoms with E-state index in [0.717, 1.165) is 6.07 Å². The second-order valence-corrected chi connectivity index (χ2v) is 13.5. The monoisotopic (exact) mass is 499 g/mol. The summed E-state index contributed by atoms with van der Waals surface area (Å²) in [5, 5.41) is 10.9. The molecule has 0 aliphatic carbocycles. The second kappa shape index (κ2) is 8.95. The van der Waals surface area contributed by atoms with Crippen LogP contribution < -0.4 is 9.15 Å². The van der Waals surface area contributed by atoms with Crippen LogP contribution in [0.15, 0.2) is 22.6 Å². The van der Waals surface area contributed by atoms with Gasteiger partial charge in [0.25, 0.3) is 0 Å². The van der Waals surface area contributed by atoms with E-state index in [2.05, 4.69) is 20.7 Å². The maximum atomic E-state index is 14.3. The maximum absolute atomic E-state index is 14.3. The van der Waals surface area contributed by atoms with Gasteiger partial charge in [-0.15, -0.1) is 0 Å². The van der Waals surface area contributed by atoms with E-state index in [1.807, 2.05) is 19.6 Å². The zero-order valence-corrected chi connectivity index (χ0v) is 19.1. The number of nitrogens with one attached hydrogen (secondary N) is 1. The van der Waals surface area contributed by atoms with Crippen molar-refractivity contribution in [1.29, 1.82) is 0 Å². The molecule has 2 aromatic rings. The highest BCUT2D eigenvalue weighted by atomic mass is 79.9. The van der Waals surface area contributed by atoms with Crippen molar-refractivity contribution in [3.63, 3.8) is 0 Å². The largest absolute Gasteiger partial charge is 0.539 e. The number of hydrogen-bond donors (Lipinski definition) is 3. The van der Waals surface area contributed by atoms with Crippen LogP contribution in [0.3, 0.4) is 0 Å². The Morgan fingerprint density at radius 2 is 2.07 bits per heavy atom. The summed E-state index contributed by atoms with van der Waals surface area (Å²) in [5.74, 6) is -0.622. The smallest absolute Gasteiger partial charge is 0.242 e. The number of furan rings is 1. The van der Waals surface area contributed by atoms with E-state index in [-0.39, 0.29) is 40.2 Å².